The number of nitrogens with zero attached hydrogens (tertiary/aromatic N) is 3. The van der Waals surface area contributed by atoms with Gasteiger partial charge < -0.3 is 24.3 Å². The molecule has 1 aromatic heterocycles. The van der Waals surface area contributed by atoms with Crippen LogP contribution >= 0.6 is 0 Å². The van der Waals surface area contributed by atoms with Gasteiger partial charge in [0.15, 0.2) is 11.6 Å². The van der Waals surface area contributed by atoms with Crippen molar-refractivity contribution in [2.75, 3.05) is 25.6 Å². The summed E-state index contributed by atoms with van der Waals surface area (Å²) in [7, 11) is 1.37. The summed E-state index contributed by atoms with van der Waals surface area (Å²) in [5.41, 5.74) is 0.402. The highest BCUT2D eigenvalue weighted by atomic mass is 16.6. The number of amides is 3. The lowest BCUT2D eigenvalue weighted by atomic mass is 10.1. The van der Waals surface area contributed by atoms with E-state index in [1.54, 1.807) is 31.2 Å². The molecule has 4 aromatic rings. The number of para-hydroxylation sites is 1. The number of fused-ring (bicyclic) bond motifs is 1. The zero-order valence-electron chi connectivity index (χ0n) is 28.2. The second-order valence-electron chi connectivity index (χ2n) is 12.0. The summed E-state index contributed by atoms with van der Waals surface area (Å²) in [6, 6.07) is 14.9. The van der Waals surface area contributed by atoms with Crippen molar-refractivity contribution in [3.8, 4) is 11.5 Å². The maximum absolute atomic E-state index is 14.4. The minimum absolute atomic E-state index is 0.0306. The van der Waals surface area contributed by atoms with Crippen LogP contribution in [0.3, 0.4) is 0 Å². The van der Waals surface area contributed by atoms with Gasteiger partial charge in [-0.3, -0.25) is 19.0 Å². The molecule has 0 spiro atoms. The van der Waals surface area contributed by atoms with Crippen LogP contribution in [0, 0.1) is 13.8 Å². The molecule has 1 unspecified atom stereocenters. The van der Waals surface area contributed by atoms with Gasteiger partial charge in [-0.15, -0.1) is 0 Å². The van der Waals surface area contributed by atoms with E-state index >= 15 is 0 Å². The highest BCUT2D eigenvalue weighted by Gasteiger charge is 2.53. The van der Waals surface area contributed by atoms with E-state index in [0.717, 1.165) is 11.1 Å². The van der Waals surface area contributed by atoms with E-state index in [1.165, 1.54) is 43.7 Å². The van der Waals surface area contributed by atoms with Crippen molar-refractivity contribution >= 4 is 40.5 Å². The molecule has 3 aromatic carbocycles. The van der Waals surface area contributed by atoms with Gasteiger partial charge >= 0.3 is 12.1 Å². The topological polar surface area (TPSA) is 155 Å². The predicted octanol–water partition coefficient (Wildman–Crippen LogP) is 5.10. The number of nitrogens with one attached hydrogen (secondary N) is 1. The second kappa shape index (κ2) is 14.2. The standard InChI is InChI=1S/C36H38N4O9/c1-7-47-33(43)23-14-16-28(46-6)26(20-23)38-31(41)29(40-34(44)36(4,5)49-35(40)45)30-37-25-12-9-8-11-24(25)32(42)39(30)17-10-18-48-27-15-13-21(2)19-22(27)3/h8-9,11-16,19-20,29H,7,10,17-18H2,1-6H3,(H,38,41). The highest BCUT2D eigenvalue weighted by Crippen LogP contribution is 2.34. The van der Waals surface area contributed by atoms with Crippen molar-refractivity contribution in [1.82, 2.24) is 14.5 Å². The summed E-state index contributed by atoms with van der Waals surface area (Å²) in [5, 5.41) is 2.96. The van der Waals surface area contributed by atoms with Crippen molar-refractivity contribution in [2.45, 2.75) is 59.2 Å². The first-order valence-corrected chi connectivity index (χ1v) is 15.8. The molecule has 1 fully saturated rings. The molecule has 2 heterocycles. The minimum Gasteiger partial charge on any atom is -0.495 e. The number of rotatable bonds is 12. The number of ether oxygens (including phenoxy) is 4. The van der Waals surface area contributed by atoms with Gasteiger partial charge in [0.05, 0.1) is 42.5 Å². The fraction of sp³-hybridized carbons (Fsp3) is 0.333. The Kier molecular flexibility index (Phi) is 10.0. The van der Waals surface area contributed by atoms with Crippen LogP contribution in [0.25, 0.3) is 10.9 Å². The number of anilines is 1. The molecule has 1 aliphatic rings. The van der Waals surface area contributed by atoms with Crippen LogP contribution < -0.4 is 20.3 Å². The first-order chi connectivity index (χ1) is 23.4. The van der Waals surface area contributed by atoms with E-state index in [0.29, 0.717) is 17.1 Å². The molecule has 5 rings (SSSR count). The quantitative estimate of drug-likeness (QED) is 0.159. The number of carbonyl (C=O) groups is 4. The maximum Gasteiger partial charge on any atom is 0.418 e. The second-order valence-corrected chi connectivity index (χ2v) is 12.0. The van der Waals surface area contributed by atoms with Crippen LogP contribution in [0.15, 0.2) is 65.5 Å². The maximum atomic E-state index is 14.4. The molecule has 1 aliphatic heterocycles. The van der Waals surface area contributed by atoms with E-state index in [4.69, 9.17) is 18.9 Å². The average molecular weight is 671 g/mol. The number of benzene rings is 3. The Balaban J connectivity index is 1.59. The molecular weight excluding hydrogens is 632 g/mol. The molecule has 13 nitrogen and oxygen atoms in total. The first kappa shape index (κ1) is 34.6. The van der Waals surface area contributed by atoms with Gasteiger partial charge in [0.2, 0.25) is 0 Å². The van der Waals surface area contributed by atoms with Crippen molar-refractivity contribution in [3.05, 3.63) is 93.5 Å². The Labute approximate surface area is 282 Å². The third-order valence-corrected chi connectivity index (χ3v) is 8.00. The summed E-state index contributed by atoms with van der Waals surface area (Å²) in [6.45, 7) is 8.76. The van der Waals surface area contributed by atoms with Crippen LogP contribution in [0.2, 0.25) is 0 Å². The number of hydrogen-bond donors (Lipinski definition) is 1. The summed E-state index contributed by atoms with van der Waals surface area (Å²) < 4.78 is 23.2. The van der Waals surface area contributed by atoms with Gasteiger partial charge in [-0.25, -0.2) is 19.5 Å². The fourth-order valence-corrected chi connectivity index (χ4v) is 5.58. The zero-order valence-corrected chi connectivity index (χ0v) is 28.2. The SMILES string of the molecule is CCOC(=O)c1ccc(OC)c(NC(=O)C(c2nc3ccccc3c(=O)n2CCCOc2ccc(C)cc2C)N2C(=O)OC(C)(C)C2=O)c1. The lowest BCUT2D eigenvalue weighted by Crippen LogP contribution is -2.46. The minimum atomic E-state index is -1.77. The molecule has 49 heavy (non-hydrogen) atoms. The van der Waals surface area contributed by atoms with Gasteiger partial charge in [-0.2, -0.15) is 0 Å². The molecule has 1 saturated heterocycles. The van der Waals surface area contributed by atoms with Crippen LogP contribution in [0.5, 0.6) is 11.5 Å². The third kappa shape index (κ3) is 7.10. The molecule has 0 radical (unpaired) electrons. The Morgan fingerprint density at radius 3 is 2.41 bits per heavy atom. The first-order valence-electron chi connectivity index (χ1n) is 15.8. The van der Waals surface area contributed by atoms with Crippen molar-refractivity contribution in [1.29, 1.82) is 0 Å². The number of methoxy groups -OCH3 is 1. The van der Waals surface area contributed by atoms with E-state index in [9.17, 15) is 24.0 Å². The lowest BCUT2D eigenvalue weighted by Gasteiger charge is -2.26. The molecule has 3 amide bonds. The number of carbonyl (C=O) groups excluding carboxylic acids is 4. The number of aryl methyl sites for hydroxylation is 2. The number of imide groups is 1. The smallest absolute Gasteiger partial charge is 0.418 e. The molecule has 0 saturated carbocycles. The molecule has 1 N–H and O–H groups in total. The monoisotopic (exact) mass is 670 g/mol. The van der Waals surface area contributed by atoms with Crippen molar-refractivity contribution in [2.24, 2.45) is 0 Å². The highest BCUT2D eigenvalue weighted by molar-refractivity contribution is 6.08. The normalized spacial score (nSPS) is 14.4. The summed E-state index contributed by atoms with van der Waals surface area (Å²) in [4.78, 5) is 73.3. The van der Waals surface area contributed by atoms with Crippen LogP contribution in [-0.4, -0.2) is 64.3 Å². The Morgan fingerprint density at radius 1 is 1.00 bits per heavy atom. The third-order valence-electron chi connectivity index (χ3n) is 8.00. The molecule has 1 atom stereocenters. The molecule has 0 aliphatic carbocycles. The molecule has 13 heteroatoms. The van der Waals surface area contributed by atoms with Crippen LogP contribution in [0.4, 0.5) is 10.5 Å². The summed E-state index contributed by atoms with van der Waals surface area (Å²) in [6.07, 6.45) is -0.775. The van der Waals surface area contributed by atoms with Crippen molar-refractivity contribution < 1.29 is 38.1 Å². The van der Waals surface area contributed by atoms with Gasteiger partial charge in [0.25, 0.3) is 17.4 Å². The molecular formula is C36H38N4O9. The van der Waals surface area contributed by atoms with Gasteiger partial charge in [0.1, 0.15) is 17.3 Å². The predicted molar refractivity (Wildman–Crippen MR) is 180 cm³/mol. The lowest BCUT2D eigenvalue weighted by molar-refractivity contribution is -0.139. The fourth-order valence-electron chi connectivity index (χ4n) is 5.58. The van der Waals surface area contributed by atoms with Gasteiger partial charge in [-0.05, 0) is 83.0 Å². The van der Waals surface area contributed by atoms with E-state index < -0.39 is 41.1 Å². The average Bonchev–Trinajstić information content (AvgIpc) is 3.26. The van der Waals surface area contributed by atoms with Gasteiger partial charge in [-0.1, -0.05) is 29.8 Å². The molecule has 256 valence electrons. The van der Waals surface area contributed by atoms with Crippen molar-refractivity contribution in [3.63, 3.8) is 0 Å². The Morgan fingerprint density at radius 2 is 1.73 bits per heavy atom. The number of aromatic nitrogens is 2. The molecule has 0 bridgehead atoms. The van der Waals surface area contributed by atoms with Gasteiger partial charge in [0, 0.05) is 6.54 Å². The number of cyclic esters (lactones) is 1. The largest absolute Gasteiger partial charge is 0.495 e. The van der Waals surface area contributed by atoms with Crippen LogP contribution in [0.1, 0.15) is 60.5 Å². The number of hydrogen-bond acceptors (Lipinski definition) is 10. The number of esters is 1. The summed E-state index contributed by atoms with van der Waals surface area (Å²) in [5.74, 6) is -1.65. The van der Waals surface area contributed by atoms with E-state index in [2.05, 4.69) is 10.3 Å². The van der Waals surface area contributed by atoms with E-state index in [1.807, 2.05) is 32.0 Å². The van der Waals surface area contributed by atoms with E-state index in [-0.39, 0.29) is 53.5 Å². The Hall–Kier alpha value is -5.72. The zero-order chi connectivity index (χ0) is 35.5. The Bertz CT molecular complexity index is 2000. The summed E-state index contributed by atoms with van der Waals surface area (Å²) >= 11 is 0. The van der Waals surface area contributed by atoms with Crippen LogP contribution in [-0.2, 0) is 25.6 Å².